The lowest BCUT2D eigenvalue weighted by molar-refractivity contribution is -0.132. The Kier molecular flexibility index (Phi) is 3.67. The van der Waals surface area contributed by atoms with Gasteiger partial charge in [0.05, 0.1) is 0 Å². The first-order valence-corrected chi connectivity index (χ1v) is 7.07. The molecule has 0 radical (unpaired) electrons. The molecule has 6 nitrogen and oxygen atoms in total. The molecule has 1 aliphatic carbocycles. The Morgan fingerprint density at radius 3 is 2.83 bits per heavy atom. The number of primary amides is 1. The van der Waals surface area contributed by atoms with Crippen molar-refractivity contribution < 1.29 is 9.59 Å². The van der Waals surface area contributed by atoms with E-state index in [2.05, 4.69) is 22.1 Å². The maximum absolute atomic E-state index is 11.9. The lowest BCUT2D eigenvalue weighted by Gasteiger charge is -2.08. The summed E-state index contributed by atoms with van der Waals surface area (Å²) in [6.45, 7) is 3.61. The Labute approximate surface area is 112 Å². The summed E-state index contributed by atoms with van der Waals surface area (Å²) in [6.07, 6.45) is 2.77. The molecule has 0 saturated heterocycles. The van der Waals surface area contributed by atoms with Gasteiger partial charge in [-0.2, -0.15) is 0 Å². The molecule has 2 amide bonds. The normalized spacial score (nSPS) is 16.0. The van der Waals surface area contributed by atoms with Gasteiger partial charge < -0.3 is 5.73 Å². The van der Waals surface area contributed by atoms with Crippen molar-refractivity contribution >= 4 is 40.0 Å². The van der Waals surface area contributed by atoms with Gasteiger partial charge in [0.25, 0.3) is 0 Å². The zero-order valence-electron chi connectivity index (χ0n) is 9.51. The molecule has 1 saturated carbocycles. The van der Waals surface area contributed by atoms with E-state index >= 15 is 0 Å². The number of aromatic nitrogens is 2. The van der Waals surface area contributed by atoms with Crippen LogP contribution in [0.4, 0.5) is 5.13 Å². The van der Waals surface area contributed by atoms with E-state index in [0.29, 0.717) is 18.0 Å². The molecule has 3 N–H and O–H groups in total. The van der Waals surface area contributed by atoms with Gasteiger partial charge in [-0.15, -0.1) is 16.8 Å². The molecule has 0 unspecified atom stereocenters. The van der Waals surface area contributed by atoms with Crippen LogP contribution in [0, 0.1) is 5.41 Å². The number of anilines is 1. The third-order valence-corrected chi connectivity index (χ3v) is 4.58. The first-order valence-electron chi connectivity index (χ1n) is 5.27. The van der Waals surface area contributed by atoms with E-state index in [9.17, 15) is 9.59 Å². The van der Waals surface area contributed by atoms with Crippen LogP contribution in [0.5, 0.6) is 0 Å². The molecule has 1 fully saturated rings. The van der Waals surface area contributed by atoms with Crippen molar-refractivity contribution in [2.45, 2.75) is 17.2 Å². The molecule has 0 aromatic carbocycles. The minimum absolute atomic E-state index is 0.383. The Morgan fingerprint density at radius 1 is 1.56 bits per heavy atom. The third kappa shape index (κ3) is 2.54. The summed E-state index contributed by atoms with van der Waals surface area (Å²) in [7, 11) is 0. The number of thioether (sulfide) groups is 1. The highest BCUT2D eigenvalue weighted by molar-refractivity contribution is 8.01. The van der Waals surface area contributed by atoms with Crippen molar-refractivity contribution in [2.75, 3.05) is 11.1 Å². The van der Waals surface area contributed by atoms with Crippen LogP contribution in [-0.2, 0) is 9.59 Å². The summed E-state index contributed by atoms with van der Waals surface area (Å²) in [6, 6.07) is 0. The molecule has 2 rings (SSSR count). The number of carbonyl (C=O) groups excluding carboxylic acids is 2. The molecule has 1 aliphatic rings. The molecule has 1 aromatic heterocycles. The van der Waals surface area contributed by atoms with Crippen LogP contribution in [0.2, 0.25) is 0 Å². The molecule has 1 aromatic rings. The van der Waals surface area contributed by atoms with Crippen LogP contribution >= 0.6 is 23.1 Å². The van der Waals surface area contributed by atoms with Crippen molar-refractivity contribution in [1.82, 2.24) is 10.2 Å². The van der Waals surface area contributed by atoms with Gasteiger partial charge in [-0.1, -0.05) is 29.2 Å². The highest BCUT2D eigenvalue weighted by Gasteiger charge is 2.55. The van der Waals surface area contributed by atoms with E-state index in [4.69, 9.17) is 5.73 Å². The van der Waals surface area contributed by atoms with Gasteiger partial charge in [0.15, 0.2) is 4.34 Å². The molecule has 0 aliphatic heterocycles. The molecule has 1 heterocycles. The van der Waals surface area contributed by atoms with E-state index < -0.39 is 11.3 Å². The summed E-state index contributed by atoms with van der Waals surface area (Å²) in [5, 5.41) is 10.7. The fourth-order valence-corrected chi connectivity index (χ4v) is 2.88. The number of nitrogens with two attached hydrogens (primary N) is 1. The molecular formula is C10H12N4O2S2. The average molecular weight is 284 g/mol. The average Bonchev–Trinajstić information content (AvgIpc) is 3.04. The minimum atomic E-state index is -1.03. The molecule has 0 spiro atoms. The molecule has 0 atom stereocenters. The van der Waals surface area contributed by atoms with Crippen LogP contribution in [-0.4, -0.2) is 27.8 Å². The van der Waals surface area contributed by atoms with Crippen LogP contribution in [0.1, 0.15) is 12.8 Å². The van der Waals surface area contributed by atoms with Crippen molar-refractivity contribution in [2.24, 2.45) is 11.1 Å². The van der Waals surface area contributed by atoms with Crippen LogP contribution < -0.4 is 11.1 Å². The monoisotopic (exact) mass is 284 g/mol. The van der Waals surface area contributed by atoms with Gasteiger partial charge in [-0.05, 0) is 12.8 Å². The number of rotatable bonds is 6. The number of nitrogens with one attached hydrogen (secondary N) is 1. The van der Waals surface area contributed by atoms with E-state index in [-0.39, 0.29) is 5.91 Å². The zero-order valence-corrected chi connectivity index (χ0v) is 11.1. The van der Waals surface area contributed by atoms with Gasteiger partial charge in [0, 0.05) is 5.75 Å². The molecule has 18 heavy (non-hydrogen) atoms. The SMILES string of the molecule is C=CCSc1nnc(NC(=O)C2(C(N)=O)CC2)s1. The second-order valence-corrected chi connectivity index (χ2v) is 6.12. The minimum Gasteiger partial charge on any atom is -0.369 e. The second-order valence-electron chi connectivity index (χ2n) is 3.87. The maximum Gasteiger partial charge on any atom is 0.241 e. The number of hydrogen-bond acceptors (Lipinski definition) is 6. The number of carbonyl (C=O) groups is 2. The van der Waals surface area contributed by atoms with E-state index in [1.165, 1.54) is 23.1 Å². The third-order valence-electron chi connectivity index (χ3n) is 2.61. The Bertz CT molecular complexity index is 496. The van der Waals surface area contributed by atoms with Crippen molar-refractivity contribution in [3.8, 4) is 0 Å². The van der Waals surface area contributed by atoms with Gasteiger partial charge in [0.2, 0.25) is 16.9 Å². The highest BCUT2D eigenvalue weighted by atomic mass is 32.2. The van der Waals surface area contributed by atoms with Gasteiger partial charge in [-0.3, -0.25) is 14.9 Å². The fourth-order valence-electron chi connectivity index (χ4n) is 1.38. The lowest BCUT2D eigenvalue weighted by atomic mass is 10.1. The molecular weight excluding hydrogens is 272 g/mol. The molecule has 0 bridgehead atoms. The second kappa shape index (κ2) is 5.07. The zero-order chi connectivity index (χ0) is 13.2. The van der Waals surface area contributed by atoms with Gasteiger partial charge in [-0.25, -0.2) is 0 Å². The maximum atomic E-state index is 11.9. The Morgan fingerprint density at radius 2 is 2.28 bits per heavy atom. The van der Waals surface area contributed by atoms with Crippen molar-refractivity contribution in [1.29, 1.82) is 0 Å². The van der Waals surface area contributed by atoms with Crippen LogP contribution in [0.25, 0.3) is 0 Å². The summed E-state index contributed by atoms with van der Waals surface area (Å²) >= 11 is 2.75. The van der Waals surface area contributed by atoms with Crippen LogP contribution in [0.3, 0.4) is 0 Å². The number of hydrogen-bond donors (Lipinski definition) is 2. The molecule has 8 heteroatoms. The van der Waals surface area contributed by atoms with E-state index in [1.807, 2.05) is 0 Å². The van der Waals surface area contributed by atoms with Crippen molar-refractivity contribution in [3.05, 3.63) is 12.7 Å². The predicted molar refractivity (Wildman–Crippen MR) is 70.3 cm³/mol. The molecule has 96 valence electrons. The topological polar surface area (TPSA) is 98.0 Å². The van der Waals surface area contributed by atoms with E-state index in [1.54, 1.807) is 6.08 Å². The van der Waals surface area contributed by atoms with Crippen molar-refractivity contribution in [3.63, 3.8) is 0 Å². The van der Waals surface area contributed by atoms with E-state index in [0.717, 1.165) is 10.1 Å². The predicted octanol–water partition coefficient (Wildman–Crippen LogP) is 1.02. The summed E-state index contributed by atoms with van der Waals surface area (Å²) in [5.74, 6) is -0.231. The van der Waals surface area contributed by atoms with Crippen LogP contribution in [0.15, 0.2) is 17.0 Å². The summed E-state index contributed by atoms with van der Waals surface area (Å²) < 4.78 is 0.745. The quantitative estimate of drug-likeness (QED) is 0.352. The largest absolute Gasteiger partial charge is 0.369 e. The Balaban J connectivity index is 1.97. The first-order chi connectivity index (χ1) is 8.58. The standard InChI is InChI=1S/C10H12N4O2S2/c1-2-5-17-9-14-13-8(18-9)12-7(16)10(3-4-10)6(11)15/h2H,1,3-5H2,(H2,11,15)(H,12,13,16). The smallest absolute Gasteiger partial charge is 0.241 e. The highest BCUT2D eigenvalue weighted by Crippen LogP contribution is 2.46. The fraction of sp³-hybridized carbons (Fsp3) is 0.400. The number of nitrogens with zero attached hydrogens (tertiary/aromatic N) is 2. The number of amides is 2. The summed E-state index contributed by atoms with van der Waals surface area (Å²) in [4.78, 5) is 23.0. The lowest BCUT2D eigenvalue weighted by Crippen LogP contribution is -2.36. The summed E-state index contributed by atoms with van der Waals surface area (Å²) in [5.41, 5.74) is 4.18. The van der Waals surface area contributed by atoms with Gasteiger partial charge in [0.1, 0.15) is 5.41 Å². The Hall–Kier alpha value is -1.41. The van der Waals surface area contributed by atoms with Gasteiger partial charge >= 0.3 is 0 Å². The first kappa shape index (κ1) is 13.0.